The minimum Gasteiger partial charge on any atom is -0.325 e. The molecule has 2 heterocycles. The van der Waals surface area contributed by atoms with Crippen molar-refractivity contribution in [3.8, 4) is 0 Å². The summed E-state index contributed by atoms with van der Waals surface area (Å²) in [6.45, 7) is 5.60. The number of aromatic nitrogens is 5. The van der Waals surface area contributed by atoms with Crippen molar-refractivity contribution in [3.63, 3.8) is 0 Å². The smallest absolute Gasteiger partial charge is 0.325 e. The lowest BCUT2D eigenvalue weighted by Gasteiger charge is -2.11. The first kappa shape index (κ1) is 26.8. The van der Waals surface area contributed by atoms with Crippen LogP contribution in [-0.2, 0) is 30.8 Å². The van der Waals surface area contributed by atoms with Crippen molar-refractivity contribution in [2.75, 3.05) is 11.1 Å². The molecule has 0 fully saturated rings. The van der Waals surface area contributed by atoms with Gasteiger partial charge in [0.15, 0.2) is 5.16 Å². The van der Waals surface area contributed by atoms with Crippen LogP contribution in [0.4, 0.5) is 5.69 Å². The molecule has 1 N–H and O–H groups in total. The molecule has 0 unspecified atom stereocenters. The molecule has 2 aromatic heterocycles. The molecule has 39 heavy (non-hydrogen) atoms. The van der Waals surface area contributed by atoms with E-state index in [2.05, 4.69) is 27.6 Å². The Morgan fingerprint density at radius 2 is 1.59 bits per heavy atom. The maximum absolute atomic E-state index is 12.9. The quantitative estimate of drug-likeness (QED) is 0.229. The van der Waals surface area contributed by atoms with Gasteiger partial charge >= 0.3 is 5.69 Å². The molecule has 3 aromatic carbocycles. The Bertz CT molecular complexity index is 1660. The van der Waals surface area contributed by atoms with Crippen LogP contribution in [0.15, 0.2) is 82.7 Å². The van der Waals surface area contributed by atoms with Gasteiger partial charge in [0.25, 0.3) is 0 Å². The number of carbonyl (C=O) groups excluding carboxylic acids is 1. The van der Waals surface area contributed by atoms with E-state index in [4.69, 9.17) is 11.6 Å². The molecule has 0 atom stereocenters. The van der Waals surface area contributed by atoms with E-state index < -0.39 is 0 Å². The van der Waals surface area contributed by atoms with Crippen molar-refractivity contribution < 1.29 is 4.79 Å². The molecule has 10 heteroatoms. The minimum atomic E-state index is -0.162. The molecular weight excluding hydrogens is 532 g/mol. The standard InChI is InChI=1S/C29H29ClN6O2S/c1-3-34-24-15-14-23(17-25(24)35(4-2)29(34)38)31-27(37)19-39-28-33-32-26(16-20-8-6-5-7-9-20)36(28)18-21-10-12-22(30)13-11-21/h5-15,17H,3-4,16,18-19H2,1-2H3,(H,31,37). The fourth-order valence-electron chi connectivity index (χ4n) is 4.60. The van der Waals surface area contributed by atoms with Crippen molar-refractivity contribution in [1.82, 2.24) is 23.9 Å². The second-order valence-electron chi connectivity index (χ2n) is 9.09. The average Bonchev–Trinajstić information content (AvgIpc) is 3.44. The normalized spacial score (nSPS) is 11.3. The van der Waals surface area contributed by atoms with E-state index in [1.165, 1.54) is 11.8 Å². The lowest BCUT2D eigenvalue weighted by molar-refractivity contribution is -0.113. The van der Waals surface area contributed by atoms with Gasteiger partial charge in [0.1, 0.15) is 5.82 Å². The van der Waals surface area contributed by atoms with Crippen molar-refractivity contribution in [2.45, 2.75) is 45.1 Å². The summed E-state index contributed by atoms with van der Waals surface area (Å²) in [5.74, 6) is 0.825. The first-order valence-corrected chi connectivity index (χ1v) is 14.2. The van der Waals surface area contributed by atoms with Crippen LogP contribution in [0.1, 0.15) is 30.8 Å². The number of rotatable bonds is 10. The van der Waals surface area contributed by atoms with E-state index in [0.29, 0.717) is 41.9 Å². The van der Waals surface area contributed by atoms with Crippen LogP contribution in [0, 0.1) is 0 Å². The summed E-state index contributed by atoms with van der Waals surface area (Å²) in [5, 5.41) is 13.2. The Hall–Kier alpha value is -3.82. The van der Waals surface area contributed by atoms with Crippen LogP contribution in [0.2, 0.25) is 5.02 Å². The highest BCUT2D eigenvalue weighted by Gasteiger charge is 2.17. The summed E-state index contributed by atoms with van der Waals surface area (Å²) in [6.07, 6.45) is 0.630. The zero-order chi connectivity index (χ0) is 27.4. The third-order valence-corrected chi connectivity index (χ3v) is 7.74. The van der Waals surface area contributed by atoms with E-state index in [0.717, 1.165) is 28.0 Å². The molecule has 0 aliphatic rings. The van der Waals surface area contributed by atoms with Crippen molar-refractivity contribution in [2.24, 2.45) is 0 Å². The summed E-state index contributed by atoms with van der Waals surface area (Å²) < 4.78 is 5.51. The fraction of sp³-hybridized carbons (Fsp3) is 0.241. The molecular formula is C29H29ClN6O2S. The van der Waals surface area contributed by atoms with Gasteiger partial charge in [-0.1, -0.05) is 65.8 Å². The van der Waals surface area contributed by atoms with Crippen LogP contribution < -0.4 is 11.0 Å². The lowest BCUT2D eigenvalue weighted by Crippen LogP contribution is -2.23. The summed E-state index contributed by atoms with van der Waals surface area (Å²) in [6, 6.07) is 23.4. The van der Waals surface area contributed by atoms with E-state index >= 15 is 0 Å². The fourth-order valence-corrected chi connectivity index (χ4v) is 5.48. The van der Waals surface area contributed by atoms with Crippen LogP contribution in [0.5, 0.6) is 0 Å². The number of thioether (sulfide) groups is 1. The third kappa shape index (κ3) is 5.94. The third-order valence-electron chi connectivity index (χ3n) is 6.52. The Kier molecular flexibility index (Phi) is 8.18. The van der Waals surface area contributed by atoms with Gasteiger partial charge in [0.05, 0.1) is 23.3 Å². The highest BCUT2D eigenvalue weighted by Crippen LogP contribution is 2.23. The van der Waals surface area contributed by atoms with Gasteiger partial charge in [-0.05, 0) is 55.3 Å². The van der Waals surface area contributed by atoms with E-state index in [9.17, 15) is 9.59 Å². The van der Waals surface area contributed by atoms with Gasteiger partial charge in [-0.3, -0.25) is 13.9 Å². The SMILES string of the molecule is CCn1c(=O)n(CC)c2cc(NC(=O)CSc3nnc(Cc4ccccc4)n3Cc3ccc(Cl)cc3)ccc21. The highest BCUT2D eigenvalue weighted by atomic mass is 35.5. The average molecular weight is 561 g/mol. The second-order valence-corrected chi connectivity index (χ2v) is 10.5. The summed E-state index contributed by atoms with van der Waals surface area (Å²) in [7, 11) is 0. The second kappa shape index (κ2) is 11.9. The maximum Gasteiger partial charge on any atom is 0.329 e. The first-order valence-electron chi connectivity index (χ1n) is 12.8. The molecule has 0 aliphatic carbocycles. The molecule has 0 radical (unpaired) electrons. The van der Waals surface area contributed by atoms with E-state index in [-0.39, 0.29) is 17.3 Å². The molecule has 0 spiro atoms. The number of imidazole rings is 1. The number of fused-ring (bicyclic) bond motifs is 1. The predicted octanol–water partition coefficient (Wildman–Crippen LogP) is 5.46. The van der Waals surface area contributed by atoms with Gasteiger partial charge < -0.3 is 9.88 Å². The Balaban J connectivity index is 1.33. The number of anilines is 1. The van der Waals surface area contributed by atoms with Gasteiger partial charge in [-0.25, -0.2) is 4.79 Å². The monoisotopic (exact) mass is 560 g/mol. The van der Waals surface area contributed by atoms with E-state index in [1.54, 1.807) is 9.13 Å². The molecule has 1 amide bonds. The van der Waals surface area contributed by atoms with Crippen molar-refractivity contribution in [3.05, 3.63) is 105 Å². The molecule has 8 nitrogen and oxygen atoms in total. The zero-order valence-corrected chi connectivity index (χ0v) is 23.4. The minimum absolute atomic E-state index is 0.0413. The molecule has 5 aromatic rings. The zero-order valence-electron chi connectivity index (χ0n) is 21.8. The number of hydrogen-bond donors (Lipinski definition) is 1. The number of amides is 1. The number of nitrogens with one attached hydrogen (secondary N) is 1. The Morgan fingerprint density at radius 1 is 0.872 bits per heavy atom. The first-order chi connectivity index (χ1) is 19.0. The Labute approximate surface area is 235 Å². The molecule has 0 saturated carbocycles. The molecule has 0 bridgehead atoms. The van der Waals surface area contributed by atoms with Gasteiger partial charge in [0, 0.05) is 30.2 Å². The summed E-state index contributed by atoms with van der Waals surface area (Å²) >= 11 is 7.42. The number of halogens is 1. The van der Waals surface area contributed by atoms with Crippen molar-refractivity contribution in [1.29, 1.82) is 0 Å². The van der Waals surface area contributed by atoms with E-state index in [1.807, 2.05) is 79.1 Å². The summed E-state index contributed by atoms with van der Waals surface area (Å²) in [5.41, 5.74) is 4.47. The molecule has 200 valence electrons. The number of benzene rings is 3. The Morgan fingerprint density at radius 3 is 2.31 bits per heavy atom. The lowest BCUT2D eigenvalue weighted by atomic mass is 10.1. The number of nitrogens with zero attached hydrogens (tertiary/aromatic N) is 5. The van der Waals surface area contributed by atoms with Gasteiger partial charge in [0.2, 0.25) is 5.91 Å². The maximum atomic E-state index is 12.9. The van der Waals surface area contributed by atoms with Gasteiger partial charge in [-0.15, -0.1) is 10.2 Å². The topological polar surface area (TPSA) is 86.7 Å². The van der Waals surface area contributed by atoms with Crippen LogP contribution in [-0.4, -0.2) is 35.6 Å². The number of carbonyl (C=O) groups is 1. The number of aryl methyl sites for hydroxylation is 2. The van der Waals surface area contributed by atoms with Crippen LogP contribution in [0.3, 0.4) is 0 Å². The molecule has 0 aliphatic heterocycles. The highest BCUT2D eigenvalue weighted by molar-refractivity contribution is 7.99. The molecule has 5 rings (SSSR count). The predicted molar refractivity (Wildman–Crippen MR) is 157 cm³/mol. The molecule has 0 saturated heterocycles. The van der Waals surface area contributed by atoms with Crippen molar-refractivity contribution >= 4 is 46.0 Å². The van der Waals surface area contributed by atoms with Crippen LogP contribution in [0.25, 0.3) is 11.0 Å². The largest absolute Gasteiger partial charge is 0.329 e. The summed E-state index contributed by atoms with van der Waals surface area (Å²) in [4.78, 5) is 25.6. The number of hydrogen-bond acceptors (Lipinski definition) is 5. The van der Waals surface area contributed by atoms with Crippen LogP contribution >= 0.6 is 23.4 Å². The van der Waals surface area contributed by atoms with Gasteiger partial charge in [-0.2, -0.15) is 0 Å².